The zero-order valence-corrected chi connectivity index (χ0v) is 15.7. The molecular weight excluding hydrogens is 300 g/mol. The van der Waals surface area contributed by atoms with E-state index in [-0.39, 0.29) is 0 Å². The smallest absolute Gasteiger partial charge is 0.328 e. The number of hydrogen-bond acceptors (Lipinski definition) is 2. The van der Waals surface area contributed by atoms with Crippen molar-refractivity contribution in [3.8, 4) is 0 Å². The summed E-state index contributed by atoms with van der Waals surface area (Å²) in [6.45, 7) is 10.5. The second-order valence-electron chi connectivity index (χ2n) is 6.69. The molecule has 0 fully saturated rings. The van der Waals surface area contributed by atoms with Gasteiger partial charge >= 0.3 is 5.97 Å². The highest BCUT2D eigenvalue weighted by Crippen LogP contribution is 2.36. The van der Waals surface area contributed by atoms with Gasteiger partial charge in [0.05, 0.1) is 6.10 Å². The van der Waals surface area contributed by atoms with Crippen molar-refractivity contribution < 1.29 is 14.6 Å². The Morgan fingerprint density at radius 3 is 2.46 bits per heavy atom. The summed E-state index contributed by atoms with van der Waals surface area (Å²) in [5, 5.41) is 8.68. The van der Waals surface area contributed by atoms with Gasteiger partial charge in [-0.05, 0) is 50.2 Å². The lowest BCUT2D eigenvalue weighted by Crippen LogP contribution is -2.31. The number of carboxylic acid groups (broad SMARTS) is 1. The molecule has 1 aliphatic rings. The van der Waals surface area contributed by atoms with Gasteiger partial charge in [-0.1, -0.05) is 55.4 Å². The van der Waals surface area contributed by atoms with Crippen molar-refractivity contribution in [2.45, 2.75) is 47.1 Å². The zero-order chi connectivity index (χ0) is 18.3. The Morgan fingerprint density at radius 1 is 1.21 bits per heavy atom. The number of hydrogen-bond donors (Lipinski definition) is 1. The van der Waals surface area contributed by atoms with Crippen LogP contribution in [0, 0.1) is 11.8 Å². The van der Waals surface area contributed by atoms with E-state index >= 15 is 0 Å². The number of carbonyl (C=O) groups is 1. The van der Waals surface area contributed by atoms with Gasteiger partial charge in [-0.25, -0.2) is 4.79 Å². The van der Waals surface area contributed by atoms with E-state index in [9.17, 15) is 4.79 Å². The highest BCUT2D eigenvalue weighted by molar-refractivity contribution is 5.81. The third-order valence-electron chi connectivity index (χ3n) is 4.76. The maximum absolute atomic E-state index is 10.6. The van der Waals surface area contributed by atoms with Gasteiger partial charge in [0, 0.05) is 13.2 Å². The van der Waals surface area contributed by atoms with E-state index < -0.39 is 5.97 Å². The second kappa shape index (κ2) is 9.43. The third kappa shape index (κ3) is 5.97. The molecule has 3 nitrogen and oxygen atoms in total. The van der Waals surface area contributed by atoms with Gasteiger partial charge in [-0.15, -0.1) is 0 Å². The Labute approximate surface area is 146 Å². The summed E-state index contributed by atoms with van der Waals surface area (Å²) in [6.07, 6.45) is 12.5. The third-order valence-corrected chi connectivity index (χ3v) is 4.76. The molecule has 1 aliphatic carbocycles. The fourth-order valence-corrected chi connectivity index (χ4v) is 3.06. The summed E-state index contributed by atoms with van der Waals surface area (Å²) in [5.74, 6) is 0.0605. The Balaban J connectivity index is 2.82. The lowest BCUT2D eigenvalue weighted by atomic mass is 9.75. The summed E-state index contributed by atoms with van der Waals surface area (Å²) >= 11 is 0. The molecule has 0 radical (unpaired) electrons. The van der Waals surface area contributed by atoms with Gasteiger partial charge in [0.25, 0.3) is 0 Å². The highest BCUT2D eigenvalue weighted by atomic mass is 16.5. The molecule has 132 valence electrons. The Morgan fingerprint density at radius 2 is 1.88 bits per heavy atom. The normalized spacial score (nSPS) is 26.7. The molecule has 0 heterocycles. The van der Waals surface area contributed by atoms with Crippen LogP contribution in [-0.4, -0.2) is 24.3 Å². The molecule has 1 N–H and O–H groups in total. The number of allylic oxidation sites excluding steroid dienone is 8. The maximum atomic E-state index is 10.6. The van der Waals surface area contributed by atoms with Crippen LogP contribution in [0.1, 0.15) is 41.0 Å². The minimum Gasteiger partial charge on any atom is -0.478 e. The van der Waals surface area contributed by atoms with Crippen molar-refractivity contribution in [3.05, 3.63) is 58.7 Å². The molecule has 0 bridgehead atoms. The zero-order valence-electron chi connectivity index (χ0n) is 15.7. The van der Waals surface area contributed by atoms with E-state index in [1.54, 1.807) is 20.1 Å². The van der Waals surface area contributed by atoms with Gasteiger partial charge in [0.15, 0.2) is 0 Å². The van der Waals surface area contributed by atoms with Crippen LogP contribution in [0.3, 0.4) is 0 Å². The van der Waals surface area contributed by atoms with Gasteiger partial charge in [-0.3, -0.25) is 0 Å². The molecule has 0 aromatic carbocycles. The first-order chi connectivity index (χ1) is 11.3. The van der Waals surface area contributed by atoms with Crippen LogP contribution >= 0.6 is 0 Å². The molecule has 0 saturated carbocycles. The molecule has 24 heavy (non-hydrogen) atoms. The first-order valence-corrected chi connectivity index (χ1v) is 8.43. The van der Waals surface area contributed by atoms with Gasteiger partial charge in [0.1, 0.15) is 0 Å². The lowest BCUT2D eigenvalue weighted by molar-refractivity contribution is -0.131. The van der Waals surface area contributed by atoms with Gasteiger partial charge in [0.2, 0.25) is 0 Å². The molecule has 1 rings (SSSR count). The summed E-state index contributed by atoms with van der Waals surface area (Å²) < 4.78 is 5.60. The molecule has 0 aromatic heterocycles. The standard InChI is InChI=1S/C21H30O3/c1-14(8-7-9-15(2)12-21(22)23)10-11-19-16(3)13-20(24-6)18(5)17(19)4/h7-12,17-18,20H,13H2,1-6H3,(H,22,23). The van der Waals surface area contributed by atoms with Crippen LogP contribution in [0.5, 0.6) is 0 Å². The van der Waals surface area contributed by atoms with Crippen molar-refractivity contribution in [1.29, 1.82) is 0 Å². The first-order valence-electron chi connectivity index (χ1n) is 8.43. The summed E-state index contributed by atoms with van der Waals surface area (Å²) in [5.41, 5.74) is 4.64. The molecule has 0 aromatic rings. The van der Waals surface area contributed by atoms with Gasteiger partial charge in [-0.2, -0.15) is 0 Å². The van der Waals surface area contributed by atoms with Crippen molar-refractivity contribution in [2.24, 2.45) is 11.8 Å². The molecule has 3 heteroatoms. The fraction of sp³-hybridized carbons (Fsp3) is 0.476. The quantitative estimate of drug-likeness (QED) is 0.545. The van der Waals surface area contributed by atoms with E-state index in [1.807, 2.05) is 19.1 Å². The average Bonchev–Trinajstić information content (AvgIpc) is 2.50. The van der Waals surface area contributed by atoms with E-state index in [0.29, 0.717) is 17.9 Å². The molecular formula is C21H30O3. The highest BCUT2D eigenvalue weighted by Gasteiger charge is 2.30. The number of rotatable bonds is 6. The average molecular weight is 330 g/mol. The number of aliphatic carboxylic acids is 1. The summed E-state index contributed by atoms with van der Waals surface area (Å²) in [7, 11) is 1.79. The van der Waals surface area contributed by atoms with Gasteiger partial charge < -0.3 is 9.84 Å². The monoisotopic (exact) mass is 330 g/mol. The lowest BCUT2D eigenvalue weighted by Gasteiger charge is -2.35. The molecule has 0 spiro atoms. The van der Waals surface area contributed by atoms with Crippen LogP contribution in [-0.2, 0) is 9.53 Å². The predicted molar refractivity (Wildman–Crippen MR) is 99.9 cm³/mol. The van der Waals surface area contributed by atoms with E-state index in [4.69, 9.17) is 9.84 Å². The minimum absolute atomic E-state index is 0.306. The van der Waals surface area contributed by atoms with Crippen LogP contribution in [0.4, 0.5) is 0 Å². The van der Waals surface area contributed by atoms with E-state index in [2.05, 4.69) is 32.9 Å². The molecule has 3 atom stereocenters. The van der Waals surface area contributed by atoms with Crippen LogP contribution < -0.4 is 0 Å². The molecule has 0 saturated heterocycles. The van der Waals surface area contributed by atoms with Crippen molar-refractivity contribution in [2.75, 3.05) is 7.11 Å². The number of carboxylic acids is 1. The van der Waals surface area contributed by atoms with Crippen molar-refractivity contribution >= 4 is 5.97 Å². The number of methoxy groups -OCH3 is 1. The topological polar surface area (TPSA) is 46.5 Å². The second-order valence-corrected chi connectivity index (χ2v) is 6.69. The molecule has 3 unspecified atom stereocenters. The molecule has 0 amide bonds. The fourth-order valence-electron chi connectivity index (χ4n) is 3.06. The van der Waals surface area contributed by atoms with Crippen LogP contribution in [0.15, 0.2) is 58.7 Å². The minimum atomic E-state index is -0.921. The Kier molecular flexibility index (Phi) is 7.93. The Bertz CT molecular complexity index is 603. The summed E-state index contributed by atoms with van der Waals surface area (Å²) in [6, 6.07) is 0. The SMILES string of the molecule is COC1CC(C)=C(C=CC(C)=CC=CC(C)=CC(=O)O)C(C)C1C. The summed E-state index contributed by atoms with van der Waals surface area (Å²) in [4.78, 5) is 10.6. The van der Waals surface area contributed by atoms with E-state index in [0.717, 1.165) is 17.6 Å². The van der Waals surface area contributed by atoms with E-state index in [1.165, 1.54) is 17.2 Å². The molecule has 0 aliphatic heterocycles. The Hall–Kier alpha value is -1.87. The maximum Gasteiger partial charge on any atom is 0.328 e. The van der Waals surface area contributed by atoms with Crippen LogP contribution in [0.25, 0.3) is 0 Å². The predicted octanol–water partition coefficient (Wildman–Crippen LogP) is 5.08. The number of ether oxygens (including phenoxy) is 1. The van der Waals surface area contributed by atoms with Crippen molar-refractivity contribution in [3.63, 3.8) is 0 Å². The largest absolute Gasteiger partial charge is 0.478 e. The van der Waals surface area contributed by atoms with Crippen LogP contribution in [0.2, 0.25) is 0 Å². The first kappa shape index (κ1) is 20.2. The van der Waals surface area contributed by atoms with Crippen molar-refractivity contribution in [1.82, 2.24) is 0 Å².